The zero-order chi connectivity index (χ0) is 21.9. The van der Waals surface area contributed by atoms with E-state index in [1.165, 1.54) is 16.5 Å². The van der Waals surface area contributed by atoms with Crippen molar-refractivity contribution in [2.24, 2.45) is 0 Å². The first-order valence-electron chi connectivity index (χ1n) is 9.63. The highest BCUT2D eigenvalue weighted by molar-refractivity contribution is 7.07. The van der Waals surface area contributed by atoms with Crippen molar-refractivity contribution in [3.63, 3.8) is 0 Å². The van der Waals surface area contributed by atoms with E-state index in [4.69, 9.17) is 16.3 Å². The average molecular weight is 451 g/mol. The Morgan fingerprint density at radius 1 is 1.27 bits per heavy atom. The number of Topliss-reactive ketones (excluding diaryl/α,β-unsaturated/α-hetero) is 1. The van der Waals surface area contributed by atoms with E-state index >= 15 is 0 Å². The van der Waals surface area contributed by atoms with E-state index in [1.54, 1.807) is 36.6 Å². The zero-order valence-corrected chi connectivity index (χ0v) is 18.4. The second-order valence-corrected chi connectivity index (χ2v) is 8.54. The Labute approximate surface area is 183 Å². The minimum absolute atomic E-state index is 0.0792. The van der Waals surface area contributed by atoms with Crippen molar-refractivity contribution in [2.45, 2.75) is 44.7 Å². The highest BCUT2D eigenvalue weighted by Gasteiger charge is 2.47. The van der Waals surface area contributed by atoms with Crippen LogP contribution in [0.3, 0.4) is 0 Å². The number of nitrogens with zero attached hydrogens (tertiary/aromatic N) is 2. The lowest BCUT2D eigenvalue weighted by Crippen LogP contribution is -2.55. The number of rotatable bonds is 6. The summed E-state index contributed by atoms with van der Waals surface area (Å²) in [5, 5.41) is 2.06. The van der Waals surface area contributed by atoms with Crippen LogP contribution in [0.5, 0.6) is 0 Å². The molecule has 0 bridgehead atoms. The van der Waals surface area contributed by atoms with Crippen LogP contribution in [-0.2, 0) is 31.2 Å². The van der Waals surface area contributed by atoms with Crippen molar-refractivity contribution in [3.05, 3.63) is 55.6 Å². The van der Waals surface area contributed by atoms with Crippen LogP contribution in [0.4, 0.5) is 0 Å². The number of thiazole rings is 1. The van der Waals surface area contributed by atoms with Gasteiger partial charge in [0.2, 0.25) is 0 Å². The molecule has 7 nitrogen and oxygen atoms in total. The van der Waals surface area contributed by atoms with Gasteiger partial charge in [0, 0.05) is 35.1 Å². The molecule has 1 saturated carbocycles. The molecule has 0 radical (unpaired) electrons. The van der Waals surface area contributed by atoms with Crippen LogP contribution < -0.4 is 4.87 Å². The molecule has 1 amide bonds. The van der Waals surface area contributed by atoms with Gasteiger partial charge in [-0.2, -0.15) is 0 Å². The molecule has 2 aromatic rings. The van der Waals surface area contributed by atoms with E-state index in [2.05, 4.69) is 0 Å². The largest absolute Gasteiger partial charge is 0.454 e. The lowest BCUT2D eigenvalue weighted by molar-refractivity contribution is -0.158. The van der Waals surface area contributed by atoms with Gasteiger partial charge in [0.1, 0.15) is 12.1 Å². The normalized spacial score (nSPS) is 18.8. The fourth-order valence-electron chi connectivity index (χ4n) is 3.85. The van der Waals surface area contributed by atoms with Crippen LogP contribution >= 0.6 is 22.9 Å². The number of hydrogen-bond donors (Lipinski definition) is 0. The molecular formula is C21H23ClN2O5S. The predicted molar refractivity (Wildman–Crippen MR) is 114 cm³/mol. The van der Waals surface area contributed by atoms with E-state index in [-0.39, 0.29) is 17.2 Å². The third-order valence-corrected chi connectivity index (χ3v) is 6.75. The Morgan fingerprint density at radius 2 is 2.00 bits per heavy atom. The number of aryl methyl sites for hydroxylation is 1. The number of esters is 1. The quantitative estimate of drug-likeness (QED) is 0.631. The monoisotopic (exact) mass is 450 g/mol. The smallest absolute Gasteiger partial charge is 0.326 e. The Balaban J connectivity index is 1.76. The Morgan fingerprint density at radius 3 is 2.63 bits per heavy atom. The fraction of sp³-hybridized carbons (Fsp3) is 0.429. The van der Waals surface area contributed by atoms with Crippen molar-refractivity contribution in [1.82, 2.24) is 9.47 Å². The van der Waals surface area contributed by atoms with E-state index in [1.807, 2.05) is 0 Å². The topological polar surface area (TPSA) is 85.7 Å². The summed E-state index contributed by atoms with van der Waals surface area (Å²) in [4.78, 5) is 50.9. The summed E-state index contributed by atoms with van der Waals surface area (Å²) in [7, 11) is 1.54. The molecule has 1 fully saturated rings. The third kappa shape index (κ3) is 4.20. The summed E-state index contributed by atoms with van der Waals surface area (Å²) in [5.41, 5.74) is 0.0518. The van der Waals surface area contributed by atoms with Gasteiger partial charge in [0.05, 0.1) is 0 Å². The third-order valence-electron chi connectivity index (χ3n) is 5.54. The average Bonchev–Trinajstić information content (AvgIpc) is 3.04. The number of benzene rings is 1. The Kier molecular flexibility index (Phi) is 6.77. The molecule has 0 saturated heterocycles. The van der Waals surface area contributed by atoms with Crippen molar-refractivity contribution in [3.8, 4) is 0 Å². The lowest BCUT2D eigenvalue weighted by atomic mass is 9.74. The van der Waals surface area contributed by atoms with Crippen LogP contribution in [0, 0.1) is 6.92 Å². The number of ether oxygens (including phenoxy) is 1. The number of likely N-dealkylation sites (N-methyl/N-ethyl adjacent to an activating group) is 1. The Bertz CT molecular complexity index is 1030. The van der Waals surface area contributed by atoms with Crippen LogP contribution in [0.25, 0.3) is 0 Å². The van der Waals surface area contributed by atoms with Gasteiger partial charge in [-0.3, -0.25) is 23.7 Å². The van der Waals surface area contributed by atoms with Crippen LogP contribution in [0.1, 0.15) is 36.9 Å². The van der Waals surface area contributed by atoms with Crippen molar-refractivity contribution in [2.75, 3.05) is 13.7 Å². The molecule has 3 rings (SSSR count). The summed E-state index contributed by atoms with van der Waals surface area (Å²) in [6.45, 7) is 0.929. The molecule has 160 valence electrons. The number of aromatic nitrogens is 1. The summed E-state index contributed by atoms with van der Waals surface area (Å²) >= 11 is 7.39. The van der Waals surface area contributed by atoms with Crippen molar-refractivity contribution in [1.29, 1.82) is 0 Å². The number of amides is 1. The number of hydrogen-bond acceptors (Lipinski definition) is 6. The second-order valence-electron chi connectivity index (χ2n) is 7.31. The van der Waals surface area contributed by atoms with Crippen LogP contribution in [0.2, 0.25) is 5.02 Å². The SMILES string of the molecule is Cc1csc(=O)n1CC(=O)OCC(=O)N(C)[C@@]1(c2ccccc2Cl)CCCCC1=O. The standard InChI is InChI=1S/C21H23ClN2O5S/c1-14-13-30-20(28)24(14)11-19(27)29-12-18(26)23(2)21(10-6-5-9-17(21)25)15-7-3-4-8-16(15)22/h3-4,7-8,13H,5-6,9-12H2,1-2H3/t21-/m1/s1. The van der Waals surface area contributed by atoms with Gasteiger partial charge in [0.25, 0.3) is 5.91 Å². The van der Waals surface area contributed by atoms with Crippen LogP contribution in [0.15, 0.2) is 34.4 Å². The predicted octanol–water partition coefficient (Wildman–Crippen LogP) is 2.91. The first-order chi connectivity index (χ1) is 14.3. The minimum Gasteiger partial charge on any atom is -0.454 e. The molecule has 1 aliphatic carbocycles. The number of halogens is 1. The van der Waals surface area contributed by atoms with Crippen LogP contribution in [-0.4, -0.2) is 40.8 Å². The maximum absolute atomic E-state index is 13.0. The fourth-order valence-corrected chi connectivity index (χ4v) is 4.88. The molecule has 1 heterocycles. The first-order valence-corrected chi connectivity index (χ1v) is 10.9. The molecule has 1 aliphatic rings. The molecule has 1 aromatic heterocycles. The van der Waals surface area contributed by atoms with Gasteiger partial charge in [-0.05, 0) is 32.3 Å². The zero-order valence-electron chi connectivity index (χ0n) is 16.9. The van der Waals surface area contributed by atoms with E-state index < -0.39 is 24.0 Å². The van der Waals surface area contributed by atoms with E-state index in [0.29, 0.717) is 29.1 Å². The molecule has 9 heteroatoms. The number of carbonyl (C=O) groups is 3. The highest BCUT2D eigenvalue weighted by Crippen LogP contribution is 2.42. The minimum atomic E-state index is -1.18. The summed E-state index contributed by atoms with van der Waals surface area (Å²) in [6.07, 6.45) is 2.34. The molecule has 1 atom stereocenters. The maximum Gasteiger partial charge on any atom is 0.326 e. The van der Waals surface area contributed by atoms with Crippen molar-refractivity contribution < 1.29 is 19.1 Å². The maximum atomic E-state index is 13.0. The molecule has 0 spiro atoms. The summed E-state index contributed by atoms with van der Waals surface area (Å²) in [6, 6.07) is 7.00. The first kappa shape index (κ1) is 22.2. The second kappa shape index (κ2) is 9.14. The van der Waals surface area contributed by atoms with Gasteiger partial charge in [0.15, 0.2) is 12.4 Å². The van der Waals surface area contributed by atoms with Gasteiger partial charge in [-0.1, -0.05) is 41.1 Å². The number of carbonyl (C=O) groups excluding carboxylic acids is 3. The molecule has 0 N–H and O–H groups in total. The molecule has 0 unspecified atom stereocenters. The van der Waals surface area contributed by atoms with Gasteiger partial charge in [-0.15, -0.1) is 0 Å². The summed E-state index contributed by atoms with van der Waals surface area (Å²) in [5.74, 6) is -1.28. The Hall–Kier alpha value is -2.45. The van der Waals surface area contributed by atoms with E-state index in [9.17, 15) is 19.2 Å². The van der Waals surface area contributed by atoms with Gasteiger partial charge < -0.3 is 9.64 Å². The highest BCUT2D eigenvalue weighted by atomic mass is 35.5. The van der Waals surface area contributed by atoms with E-state index in [0.717, 1.165) is 24.2 Å². The molecule has 0 aliphatic heterocycles. The summed E-state index contributed by atoms with van der Waals surface area (Å²) < 4.78 is 6.40. The number of ketones is 1. The molecule has 30 heavy (non-hydrogen) atoms. The molecular weight excluding hydrogens is 428 g/mol. The lowest BCUT2D eigenvalue weighted by Gasteiger charge is -2.43. The van der Waals surface area contributed by atoms with Crippen molar-refractivity contribution >= 4 is 40.6 Å². The van der Waals surface area contributed by atoms with Gasteiger partial charge in [-0.25, -0.2) is 0 Å². The van der Waals surface area contributed by atoms with Gasteiger partial charge >= 0.3 is 10.8 Å². The molecule has 1 aromatic carbocycles.